The molecule has 0 saturated heterocycles. The summed E-state index contributed by atoms with van der Waals surface area (Å²) >= 11 is 0. The molecule has 3 N–H and O–H groups in total. The Morgan fingerprint density at radius 2 is 2.20 bits per heavy atom. The summed E-state index contributed by atoms with van der Waals surface area (Å²) in [5.74, 6) is -0.427. The lowest BCUT2D eigenvalue weighted by Gasteiger charge is -2.11. The highest BCUT2D eigenvalue weighted by Crippen LogP contribution is 2.18. The molecule has 82 valence electrons. The summed E-state index contributed by atoms with van der Waals surface area (Å²) in [5.41, 5.74) is 6.25. The minimum Gasteiger partial charge on any atom is -0.491 e. The molecule has 0 aliphatic heterocycles. The van der Waals surface area contributed by atoms with Crippen LogP contribution < -0.4 is 10.5 Å². The lowest BCUT2D eigenvalue weighted by molar-refractivity contribution is 0.0695. The summed E-state index contributed by atoms with van der Waals surface area (Å²) in [7, 11) is 0. The predicted octanol–water partition coefficient (Wildman–Crippen LogP) is 1.63. The lowest BCUT2D eigenvalue weighted by atomic mass is 10.1. The molecule has 4 nitrogen and oxygen atoms in total. The molecule has 1 aromatic rings. The van der Waals surface area contributed by atoms with E-state index >= 15 is 0 Å². The Morgan fingerprint density at radius 3 is 2.67 bits per heavy atom. The molecule has 0 atom stereocenters. The van der Waals surface area contributed by atoms with Crippen molar-refractivity contribution >= 4 is 5.97 Å². The largest absolute Gasteiger partial charge is 0.491 e. The second-order valence-corrected chi connectivity index (χ2v) is 3.49. The van der Waals surface area contributed by atoms with Gasteiger partial charge in [-0.05, 0) is 31.5 Å². The molecular formula is C11H15NO3. The van der Waals surface area contributed by atoms with Crippen molar-refractivity contribution in [3.8, 4) is 5.75 Å². The monoisotopic (exact) mass is 209 g/mol. The number of benzene rings is 1. The van der Waals surface area contributed by atoms with Gasteiger partial charge in [0.15, 0.2) is 0 Å². The molecule has 1 aromatic carbocycles. The summed E-state index contributed by atoms with van der Waals surface area (Å²) in [6.45, 7) is 3.98. The average Bonchev–Trinajstić information content (AvgIpc) is 2.16. The van der Waals surface area contributed by atoms with Crippen LogP contribution in [0.2, 0.25) is 0 Å². The second kappa shape index (κ2) is 4.79. The molecule has 0 aliphatic carbocycles. The first-order valence-electron chi connectivity index (χ1n) is 4.77. The molecule has 0 amide bonds. The van der Waals surface area contributed by atoms with E-state index in [0.717, 1.165) is 0 Å². The molecule has 0 radical (unpaired) electrons. The molecule has 4 heteroatoms. The summed E-state index contributed by atoms with van der Waals surface area (Å²) in [6.07, 6.45) is 0.0235. The fraction of sp³-hybridized carbons (Fsp3) is 0.364. The van der Waals surface area contributed by atoms with Crippen LogP contribution in [0.25, 0.3) is 0 Å². The molecule has 0 unspecified atom stereocenters. The number of ether oxygens (including phenoxy) is 1. The highest BCUT2D eigenvalue weighted by molar-refractivity contribution is 5.89. The maximum Gasteiger partial charge on any atom is 0.336 e. The van der Waals surface area contributed by atoms with E-state index in [2.05, 4.69) is 0 Å². The van der Waals surface area contributed by atoms with Crippen molar-refractivity contribution in [3.05, 3.63) is 29.3 Å². The van der Waals surface area contributed by atoms with Gasteiger partial charge in [0.1, 0.15) is 5.75 Å². The van der Waals surface area contributed by atoms with Crippen LogP contribution >= 0.6 is 0 Å². The SMILES string of the molecule is CC(C)Oc1ccc(CN)c(C(=O)O)c1. The number of rotatable bonds is 4. The van der Waals surface area contributed by atoms with Crippen LogP contribution in [-0.2, 0) is 6.54 Å². The zero-order valence-electron chi connectivity index (χ0n) is 8.86. The van der Waals surface area contributed by atoms with Gasteiger partial charge in [-0.15, -0.1) is 0 Å². The zero-order chi connectivity index (χ0) is 11.4. The third-order valence-electron chi connectivity index (χ3n) is 1.90. The number of hydrogen-bond donors (Lipinski definition) is 2. The van der Waals surface area contributed by atoms with E-state index in [4.69, 9.17) is 15.6 Å². The van der Waals surface area contributed by atoms with Gasteiger partial charge in [0.25, 0.3) is 0 Å². The molecule has 0 aromatic heterocycles. The standard InChI is InChI=1S/C11H15NO3/c1-7(2)15-9-4-3-8(6-12)10(5-9)11(13)14/h3-5,7H,6,12H2,1-2H3,(H,13,14). The van der Waals surface area contributed by atoms with Gasteiger partial charge in [0, 0.05) is 6.54 Å². The first-order valence-corrected chi connectivity index (χ1v) is 4.77. The number of aromatic carboxylic acids is 1. The highest BCUT2D eigenvalue weighted by Gasteiger charge is 2.10. The van der Waals surface area contributed by atoms with Gasteiger partial charge in [-0.3, -0.25) is 0 Å². The normalized spacial score (nSPS) is 10.4. The third kappa shape index (κ3) is 2.95. The van der Waals surface area contributed by atoms with Gasteiger partial charge in [0.2, 0.25) is 0 Å². The van der Waals surface area contributed by atoms with Crippen molar-refractivity contribution in [2.75, 3.05) is 0 Å². The molecule has 0 bridgehead atoms. The second-order valence-electron chi connectivity index (χ2n) is 3.49. The van der Waals surface area contributed by atoms with E-state index in [1.165, 1.54) is 6.07 Å². The number of nitrogens with two attached hydrogens (primary N) is 1. The van der Waals surface area contributed by atoms with Crippen LogP contribution in [0.1, 0.15) is 29.8 Å². The van der Waals surface area contributed by atoms with Crippen molar-refractivity contribution in [2.45, 2.75) is 26.5 Å². The molecule has 0 aliphatic rings. The van der Waals surface area contributed by atoms with E-state index in [1.54, 1.807) is 12.1 Å². The van der Waals surface area contributed by atoms with Crippen LogP contribution in [0.4, 0.5) is 0 Å². The van der Waals surface area contributed by atoms with E-state index in [1.807, 2.05) is 13.8 Å². The molecular weight excluding hydrogens is 194 g/mol. The van der Waals surface area contributed by atoms with Crippen molar-refractivity contribution in [3.63, 3.8) is 0 Å². The van der Waals surface area contributed by atoms with Crippen LogP contribution in [-0.4, -0.2) is 17.2 Å². The zero-order valence-corrected chi connectivity index (χ0v) is 8.86. The topological polar surface area (TPSA) is 72.5 Å². The Kier molecular flexibility index (Phi) is 3.68. The number of carboxylic acids is 1. The van der Waals surface area contributed by atoms with Crippen molar-refractivity contribution in [1.82, 2.24) is 0 Å². The van der Waals surface area contributed by atoms with Crippen LogP contribution in [0.3, 0.4) is 0 Å². The molecule has 0 fully saturated rings. The van der Waals surface area contributed by atoms with Crippen molar-refractivity contribution in [2.24, 2.45) is 5.73 Å². The Labute approximate surface area is 88.7 Å². The van der Waals surface area contributed by atoms with E-state index in [9.17, 15) is 4.79 Å². The smallest absolute Gasteiger partial charge is 0.336 e. The molecule has 0 spiro atoms. The maximum atomic E-state index is 10.9. The van der Waals surface area contributed by atoms with Gasteiger partial charge in [0.05, 0.1) is 11.7 Å². The number of hydrogen-bond acceptors (Lipinski definition) is 3. The van der Waals surface area contributed by atoms with Crippen LogP contribution in [0, 0.1) is 0 Å². The number of carbonyl (C=O) groups is 1. The Hall–Kier alpha value is -1.55. The minimum atomic E-state index is -0.982. The molecule has 0 heterocycles. The van der Waals surface area contributed by atoms with E-state index < -0.39 is 5.97 Å². The average molecular weight is 209 g/mol. The summed E-state index contributed by atoms with van der Waals surface area (Å²) in [4.78, 5) is 10.9. The fourth-order valence-electron chi connectivity index (χ4n) is 1.28. The summed E-state index contributed by atoms with van der Waals surface area (Å²) in [6, 6.07) is 4.92. The molecule has 0 saturated carbocycles. The molecule has 15 heavy (non-hydrogen) atoms. The van der Waals surface area contributed by atoms with Crippen LogP contribution in [0.15, 0.2) is 18.2 Å². The quantitative estimate of drug-likeness (QED) is 0.790. The fourth-order valence-corrected chi connectivity index (χ4v) is 1.28. The van der Waals surface area contributed by atoms with Crippen molar-refractivity contribution in [1.29, 1.82) is 0 Å². The third-order valence-corrected chi connectivity index (χ3v) is 1.90. The van der Waals surface area contributed by atoms with Crippen LogP contribution in [0.5, 0.6) is 5.75 Å². The Bertz CT molecular complexity index is 361. The van der Waals surface area contributed by atoms with Gasteiger partial charge < -0.3 is 15.6 Å². The Morgan fingerprint density at radius 1 is 1.53 bits per heavy atom. The van der Waals surface area contributed by atoms with Crippen molar-refractivity contribution < 1.29 is 14.6 Å². The lowest BCUT2D eigenvalue weighted by Crippen LogP contribution is -2.10. The highest BCUT2D eigenvalue weighted by atomic mass is 16.5. The van der Waals surface area contributed by atoms with E-state index in [0.29, 0.717) is 11.3 Å². The van der Waals surface area contributed by atoms with Gasteiger partial charge in [-0.2, -0.15) is 0 Å². The summed E-state index contributed by atoms with van der Waals surface area (Å²) < 4.78 is 5.40. The maximum absolute atomic E-state index is 10.9. The predicted molar refractivity (Wildman–Crippen MR) is 57.1 cm³/mol. The number of carboxylic acid groups (broad SMARTS) is 1. The van der Waals surface area contributed by atoms with E-state index in [-0.39, 0.29) is 18.2 Å². The first-order chi connectivity index (χ1) is 7.04. The minimum absolute atomic E-state index is 0.0235. The van der Waals surface area contributed by atoms with Gasteiger partial charge >= 0.3 is 5.97 Å². The van der Waals surface area contributed by atoms with Gasteiger partial charge in [-0.1, -0.05) is 6.07 Å². The first kappa shape index (κ1) is 11.5. The molecule has 1 rings (SSSR count). The Balaban J connectivity index is 3.05. The van der Waals surface area contributed by atoms with Gasteiger partial charge in [-0.25, -0.2) is 4.79 Å². The summed E-state index contributed by atoms with van der Waals surface area (Å²) in [5, 5.41) is 8.94.